The third-order valence-corrected chi connectivity index (χ3v) is 2.45. The van der Waals surface area contributed by atoms with Gasteiger partial charge in [0.2, 0.25) is 5.91 Å². The SMILES string of the molecule is CNC(=O)CCOC(=O)c1cc(N)cc(Br)c1. The zero-order chi connectivity index (χ0) is 12.8. The molecule has 1 amide bonds. The van der Waals surface area contributed by atoms with Crippen LogP contribution < -0.4 is 11.1 Å². The van der Waals surface area contributed by atoms with Crippen LogP contribution in [0.5, 0.6) is 0 Å². The largest absolute Gasteiger partial charge is 0.462 e. The van der Waals surface area contributed by atoms with E-state index in [0.29, 0.717) is 15.7 Å². The van der Waals surface area contributed by atoms with Crippen molar-refractivity contribution in [3.63, 3.8) is 0 Å². The molecule has 0 atom stereocenters. The minimum Gasteiger partial charge on any atom is -0.462 e. The molecule has 0 aliphatic rings. The summed E-state index contributed by atoms with van der Waals surface area (Å²) in [6, 6.07) is 4.81. The van der Waals surface area contributed by atoms with Crippen LogP contribution >= 0.6 is 15.9 Å². The molecule has 1 aromatic rings. The van der Waals surface area contributed by atoms with Crippen molar-refractivity contribution in [2.45, 2.75) is 6.42 Å². The second kappa shape index (κ2) is 6.24. The van der Waals surface area contributed by atoms with E-state index in [4.69, 9.17) is 10.5 Å². The first-order valence-corrected chi connectivity index (χ1v) is 5.76. The molecule has 92 valence electrons. The van der Waals surface area contributed by atoms with E-state index >= 15 is 0 Å². The standard InChI is InChI=1S/C11H13BrN2O3/c1-14-10(15)2-3-17-11(16)7-4-8(12)6-9(13)5-7/h4-6H,2-3,13H2,1H3,(H,14,15). The number of rotatable bonds is 4. The van der Waals surface area contributed by atoms with Crippen molar-refractivity contribution in [3.8, 4) is 0 Å². The van der Waals surface area contributed by atoms with Crippen molar-refractivity contribution in [1.82, 2.24) is 5.32 Å². The average Bonchev–Trinajstić information content (AvgIpc) is 2.27. The number of amides is 1. The molecule has 3 N–H and O–H groups in total. The molecule has 6 heteroatoms. The Balaban J connectivity index is 2.55. The summed E-state index contributed by atoms with van der Waals surface area (Å²) in [5.41, 5.74) is 6.42. The molecule has 0 fully saturated rings. The summed E-state index contributed by atoms with van der Waals surface area (Å²) in [5, 5.41) is 2.44. The average molecular weight is 301 g/mol. The first kappa shape index (κ1) is 13.5. The number of halogens is 1. The summed E-state index contributed by atoms with van der Waals surface area (Å²) in [6.07, 6.45) is 0.145. The Hall–Kier alpha value is -1.56. The third-order valence-electron chi connectivity index (χ3n) is 2.00. The fourth-order valence-corrected chi connectivity index (χ4v) is 1.69. The van der Waals surface area contributed by atoms with Crippen LogP contribution in [0.2, 0.25) is 0 Å². The molecule has 0 radical (unpaired) electrons. The summed E-state index contributed by atoms with van der Waals surface area (Å²) >= 11 is 3.23. The molecule has 0 spiro atoms. The van der Waals surface area contributed by atoms with E-state index in [0.717, 1.165) is 0 Å². The Bertz CT molecular complexity index is 414. The number of nitrogens with one attached hydrogen (secondary N) is 1. The lowest BCUT2D eigenvalue weighted by Gasteiger charge is -2.05. The lowest BCUT2D eigenvalue weighted by Crippen LogP contribution is -2.20. The van der Waals surface area contributed by atoms with Crippen LogP contribution in [-0.2, 0) is 9.53 Å². The number of nitrogen functional groups attached to an aromatic ring is 1. The summed E-state index contributed by atoms with van der Waals surface area (Å²) in [4.78, 5) is 22.5. The van der Waals surface area contributed by atoms with Gasteiger partial charge in [0.05, 0.1) is 12.0 Å². The van der Waals surface area contributed by atoms with Crippen LogP contribution in [0.15, 0.2) is 22.7 Å². The predicted octanol–water partition coefficient (Wildman–Crippen LogP) is 1.32. The van der Waals surface area contributed by atoms with E-state index < -0.39 is 5.97 Å². The van der Waals surface area contributed by atoms with Gasteiger partial charge in [-0.15, -0.1) is 0 Å². The quantitative estimate of drug-likeness (QED) is 0.649. The van der Waals surface area contributed by atoms with E-state index in [1.165, 1.54) is 13.1 Å². The van der Waals surface area contributed by atoms with Gasteiger partial charge >= 0.3 is 5.97 Å². The van der Waals surface area contributed by atoms with Crippen molar-refractivity contribution in [2.75, 3.05) is 19.4 Å². The van der Waals surface area contributed by atoms with Gasteiger partial charge in [0.25, 0.3) is 0 Å². The Morgan fingerprint density at radius 2 is 2.12 bits per heavy atom. The Kier molecular flexibility index (Phi) is 4.96. The normalized spacial score (nSPS) is 9.76. The van der Waals surface area contributed by atoms with Crippen molar-refractivity contribution in [3.05, 3.63) is 28.2 Å². The summed E-state index contributed by atoms with van der Waals surface area (Å²) in [7, 11) is 1.53. The second-order valence-corrected chi connectivity index (χ2v) is 4.25. The van der Waals surface area contributed by atoms with Gasteiger partial charge in [0.1, 0.15) is 6.61 Å². The highest BCUT2D eigenvalue weighted by atomic mass is 79.9. The minimum atomic E-state index is -0.498. The van der Waals surface area contributed by atoms with E-state index in [1.807, 2.05) is 0 Å². The van der Waals surface area contributed by atoms with Gasteiger partial charge in [-0.1, -0.05) is 15.9 Å². The molecule has 0 aromatic heterocycles. The molecule has 5 nitrogen and oxygen atoms in total. The van der Waals surface area contributed by atoms with E-state index in [2.05, 4.69) is 21.2 Å². The van der Waals surface area contributed by atoms with Crippen molar-refractivity contribution in [1.29, 1.82) is 0 Å². The zero-order valence-electron chi connectivity index (χ0n) is 9.33. The first-order valence-electron chi connectivity index (χ1n) is 4.96. The second-order valence-electron chi connectivity index (χ2n) is 3.33. The van der Waals surface area contributed by atoms with Gasteiger partial charge < -0.3 is 15.8 Å². The maximum Gasteiger partial charge on any atom is 0.338 e. The predicted molar refractivity (Wildman–Crippen MR) is 67.5 cm³/mol. The Morgan fingerprint density at radius 3 is 2.71 bits per heavy atom. The fraction of sp³-hybridized carbons (Fsp3) is 0.273. The van der Waals surface area contributed by atoms with Gasteiger partial charge in [0, 0.05) is 17.2 Å². The molecule has 0 aliphatic carbocycles. The summed E-state index contributed by atoms with van der Waals surface area (Å²) in [6.45, 7) is 0.0466. The molecular formula is C11H13BrN2O3. The number of carbonyl (C=O) groups excluding carboxylic acids is 2. The number of hydrogen-bond acceptors (Lipinski definition) is 4. The van der Waals surface area contributed by atoms with Crippen LogP contribution in [0.4, 0.5) is 5.69 Å². The fourth-order valence-electron chi connectivity index (χ4n) is 1.17. The molecule has 0 saturated carbocycles. The van der Waals surface area contributed by atoms with Gasteiger partial charge in [0.15, 0.2) is 0 Å². The molecule has 0 aliphatic heterocycles. The molecular weight excluding hydrogens is 288 g/mol. The zero-order valence-corrected chi connectivity index (χ0v) is 10.9. The van der Waals surface area contributed by atoms with Gasteiger partial charge in [-0.3, -0.25) is 4.79 Å². The molecule has 17 heavy (non-hydrogen) atoms. The number of benzene rings is 1. The van der Waals surface area contributed by atoms with Crippen molar-refractivity contribution >= 4 is 33.5 Å². The van der Waals surface area contributed by atoms with Crippen LogP contribution in [0.3, 0.4) is 0 Å². The van der Waals surface area contributed by atoms with Crippen molar-refractivity contribution < 1.29 is 14.3 Å². The Labute approximate surface area is 107 Å². The van der Waals surface area contributed by atoms with Crippen LogP contribution in [0.1, 0.15) is 16.8 Å². The highest BCUT2D eigenvalue weighted by molar-refractivity contribution is 9.10. The molecule has 1 rings (SSSR count). The highest BCUT2D eigenvalue weighted by Gasteiger charge is 2.09. The number of ether oxygens (including phenoxy) is 1. The van der Waals surface area contributed by atoms with E-state index in [-0.39, 0.29) is 18.9 Å². The van der Waals surface area contributed by atoms with Gasteiger partial charge in [-0.05, 0) is 18.2 Å². The third kappa shape index (κ3) is 4.44. The van der Waals surface area contributed by atoms with E-state index in [1.54, 1.807) is 12.1 Å². The highest BCUT2D eigenvalue weighted by Crippen LogP contribution is 2.17. The number of esters is 1. The minimum absolute atomic E-state index is 0.0466. The monoisotopic (exact) mass is 300 g/mol. The molecule has 0 heterocycles. The maximum atomic E-state index is 11.6. The lowest BCUT2D eigenvalue weighted by atomic mass is 10.2. The number of nitrogens with two attached hydrogens (primary N) is 1. The topological polar surface area (TPSA) is 81.4 Å². The number of anilines is 1. The maximum absolute atomic E-state index is 11.6. The summed E-state index contributed by atoms with van der Waals surface area (Å²) < 4.78 is 5.64. The van der Waals surface area contributed by atoms with Crippen LogP contribution in [0, 0.1) is 0 Å². The van der Waals surface area contributed by atoms with Crippen LogP contribution in [0.25, 0.3) is 0 Å². The lowest BCUT2D eigenvalue weighted by molar-refractivity contribution is -0.121. The molecule has 0 unspecified atom stereocenters. The smallest absolute Gasteiger partial charge is 0.338 e. The van der Waals surface area contributed by atoms with Crippen LogP contribution in [-0.4, -0.2) is 25.5 Å². The van der Waals surface area contributed by atoms with Gasteiger partial charge in [-0.25, -0.2) is 4.79 Å². The van der Waals surface area contributed by atoms with E-state index in [9.17, 15) is 9.59 Å². The Morgan fingerprint density at radius 1 is 1.41 bits per heavy atom. The number of carbonyl (C=O) groups is 2. The molecule has 0 bridgehead atoms. The van der Waals surface area contributed by atoms with Crippen molar-refractivity contribution in [2.24, 2.45) is 0 Å². The summed E-state index contributed by atoms with van der Waals surface area (Å²) in [5.74, 6) is -0.673. The number of hydrogen-bond donors (Lipinski definition) is 2. The molecule has 0 saturated heterocycles. The molecule has 1 aromatic carbocycles. The van der Waals surface area contributed by atoms with Gasteiger partial charge in [-0.2, -0.15) is 0 Å². The first-order chi connectivity index (χ1) is 8.02.